The summed E-state index contributed by atoms with van der Waals surface area (Å²) in [5.41, 5.74) is 1.13. The van der Waals surface area contributed by atoms with E-state index >= 15 is 0 Å². The number of hydrogen-bond acceptors (Lipinski definition) is 1. The molecule has 0 bridgehead atoms. The SMILES string of the molecule is CC(C)(C)CCC1(C)CNC1. The van der Waals surface area contributed by atoms with Crippen molar-refractivity contribution in [1.82, 2.24) is 5.32 Å². The molecule has 0 aliphatic carbocycles. The van der Waals surface area contributed by atoms with Crippen LogP contribution in [-0.4, -0.2) is 13.1 Å². The van der Waals surface area contributed by atoms with Gasteiger partial charge in [-0.1, -0.05) is 27.7 Å². The summed E-state index contributed by atoms with van der Waals surface area (Å²) in [5, 5.41) is 3.34. The third-order valence-electron chi connectivity index (χ3n) is 2.58. The van der Waals surface area contributed by atoms with Crippen LogP contribution in [-0.2, 0) is 0 Å². The summed E-state index contributed by atoms with van der Waals surface area (Å²) >= 11 is 0. The van der Waals surface area contributed by atoms with Gasteiger partial charge < -0.3 is 5.32 Å². The molecule has 1 nitrogen and oxygen atoms in total. The van der Waals surface area contributed by atoms with E-state index in [0.717, 1.165) is 0 Å². The number of hydrogen-bond donors (Lipinski definition) is 1. The summed E-state index contributed by atoms with van der Waals surface area (Å²) in [6.07, 6.45) is 2.73. The molecule has 0 amide bonds. The quantitative estimate of drug-likeness (QED) is 0.646. The molecular formula is C10H21N. The third-order valence-corrected chi connectivity index (χ3v) is 2.58. The molecule has 1 heteroatoms. The highest BCUT2D eigenvalue weighted by molar-refractivity contribution is 4.88. The fourth-order valence-corrected chi connectivity index (χ4v) is 1.41. The van der Waals surface area contributed by atoms with Crippen molar-refractivity contribution in [2.24, 2.45) is 10.8 Å². The summed E-state index contributed by atoms with van der Waals surface area (Å²) in [6, 6.07) is 0. The van der Waals surface area contributed by atoms with E-state index in [1.165, 1.54) is 25.9 Å². The van der Waals surface area contributed by atoms with Gasteiger partial charge in [0.1, 0.15) is 0 Å². The Labute approximate surface area is 70.6 Å². The predicted molar refractivity (Wildman–Crippen MR) is 49.7 cm³/mol. The van der Waals surface area contributed by atoms with Gasteiger partial charge in [-0.3, -0.25) is 0 Å². The molecule has 0 saturated carbocycles. The van der Waals surface area contributed by atoms with E-state index in [1.807, 2.05) is 0 Å². The summed E-state index contributed by atoms with van der Waals surface area (Å²) in [6.45, 7) is 11.8. The monoisotopic (exact) mass is 155 g/mol. The van der Waals surface area contributed by atoms with Gasteiger partial charge in [-0.05, 0) is 23.7 Å². The molecule has 0 atom stereocenters. The topological polar surface area (TPSA) is 12.0 Å². The molecular weight excluding hydrogens is 134 g/mol. The standard InChI is InChI=1S/C10H21N/c1-9(2,3)5-6-10(4)7-11-8-10/h11H,5-8H2,1-4H3. The van der Waals surface area contributed by atoms with Crippen molar-refractivity contribution in [1.29, 1.82) is 0 Å². The number of rotatable bonds is 2. The Balaban J connectivity index is 2.21. The summed E-state index contributed by atoms with van der Waals surface area (Å²) in [7, 11) is 0. The largest absolute Gasteiger partial charge is 0.316 e. The zero-order valence-electron chi connectivity index (χ0n) is 8.33. The maximum Gasteiger partial charge on any atom is 0.00176 e. The summed E-state index contributed by atoms with van der Waals surface area (Å²) in [4.78, 5) is 0. The fourth-order valence-electron chi connectivity index (χ4n) is 1.41. The highest BCUT2D eigenvalue weighted by Gasteiger charge is 2.32. The Morgan fingerprint density at radius 1 is 1.27 bits per heavy atom. The minimum absolute atomic E-state index is 0.512. The minimum atomic E-state index is 0.512. The Kier molecular flexibility index (Phi) is 2.29. The van der Waals surface area contributed by atoms with Crippen molar-refractivity contribution in [3.8, 4) is 0 Å². The van der Waals surface area contributed by atoms with Gasteiger partial charge in [-0.25, -0.2) is 0 Å². The minimum Gasteiger partial charge on any atom is -0.316 e. The molecule has 1 rings (SSSR count). The first-order chi connectivity index (χ1) is 4.91. The Hall–Kier alpha value is -0.0400. The van der Waals surface area contributed by atoms with Crippen LogP contribution in [0.3, 0.4) is 0 Å². The molecule has 66 valence electrons. The van der Waals surface area contributed by atoms with Crippen LogP contribution in [0.4, 0.5) is 0 Å². The van der Waals surface area contributed by atoms with Gasteiger partial charge in [0.25, 0.3) is 0 Å². The second kappa shape index (κ2) is 2.78. The van der Waals surface area contributed by atoms with E-state index in [2.05, 4.69) is 33.0 Å². The van der Waals surface area contributed by atoms with Crippen LogP contribution in [0.2, 0.25) is 0 Å². The van der Waals surface area contributed by atoms with Crippen molar-refractivity contribution in [3.63, 3.8) is 0 Å². The van der Waals surface area contributed by atoms with E-state index in [-0.39, 0.29) is 0 Å². The van der Waals surface area contributed by atoms with Crippen LogP contribution in [0.1, 0.15) is 40.5 Å². The van der Waals surface area contributed by atoms with Crippen molar-refractivity contribution in [3.05, 3.63) is 0 Å². The molecule has 1 N–H and O–H groups in total. The lowest BCUT2D eigenvalue weighted by atomic mass is 9.75. The van der Waals surface area contributed by atoms with Gasteiger partial charge in [0.2, 0.25) is 0 Å². The molecule has 1 aliphatic heterocycles. The lowest BCUT2D eigenvalue weighted by Gasteiger charge is -2.41. The average Bonchev–Trinajstić information content (AvgIpc) is 1.77. The average molecular weight is 155 g/mol. The number of nitrogens with one attached hydrogen (secondary N) is 1. The predicted octanol–water partition coefficient (Wildman–Crippen LogP) is 2.42. The van der Waals surface area contributed by atoms with E-state index in [4.69, 9.17) is 0 Å². The van der Waals surface area contributed by atoms with Gasteiger partial charge in [0.15, 0.2) is 0 Å². The van der Waals surface area contributed by atoms with E-state index < -0.39 is 0 Å². The third kappa shape index (κ3) is 2.82. The maximum atomic E-state index is 3.34. The first-order valence-corrected chi connectivity index (χ1v) is 4.62. The smallest absolute Gasteiger partial charge is 0.00176 e. The summed E-state index contributed by atoms with van der Waals surface area (Å²) in [5.74, 6) is 0. The van der Waals surface area contributed by atoms with Gasteiger partial charge >= 0.3 is 0 Å². The highest BCUT2D eigenvalue weighted by atomic mass is 15.0. The molecule has 1 aliphatic rings. The molecule has 1 saturated heterocycles. The van der Waals surface area contributed by atoms with Crippen molar-refractivity contribution in [2.75, 3.05) is 13.1 Å². The van der Waals surface area contributed by atoms with Crippen LogP contribution in [0, 0.1) is 10.8 Å². The van der Waals surface area contributed by atoms with Crippen LogP contribution < -0.4 is 5.32 Å². The zero-order valence-corrected chi connectivity index (χ0v) is 8.33. The highest BCUT2D eigenvalue weighted by Crippen LogP contribution is 2.33. The van der Waals surface area contributed by atoms with Crippen LogP contribution >= 0.6 is 0 Å². The Bertz CT molecular complexity index is 128. The molecule has 1 heterocycles. The lowest BCUT2D eigenvalue weighted by molar-refractivity contribution is 0.152. The van der Waals surface area contributed by atoms with Crippen LogP contribution in [0.5, 0.6) is 0 Å². The van der Waals surface area contributed by atoms with Crippen molar-refractivity contribution < 1.29 is 0 Å². The Morgan fingerprint density at radius 2 is 1.82 bits per heavy atom. The second-order valence-electron chi connectivity index (χ2n) is 5.47. The lowest BCUT2D eigenvalue weighted by Crippen LogP contribution is -2.51. The molecule has 11 heavy (non-hydrogen) atoms. The van der Waals surface area contributed by atoms with E-state index in [1.54, 1.807) is 0 Å². The van der Waals surface area contributed by atoms with Gasteiger partial charge in [-0.15, -0.1) is 0 Å². The van der Waals surface area contributed by atoms with Gasteiger partial charge in [-0.2, -0.15) is 0 Å². The molecule has 0 aromatic carbocycles. The van der Waals surface area contributed by atoms with Crippen molar-refractivity contribution in [2.45, 2.75) is 40.5 Å². The van der Waals surface area contributed by atoms with E-state index in [0.29, 0.717) is 10.8 Å². The molecule has 0 unspecified atom stereocenters. The van der Waals surface area contributed by atoms with Gasteiger partial charge in [0.05, 0.1) is 0 Å². The maximum absolute atomic E-state index is 3.34. The first kappa shape index (κ1) is 9.05. The molecule has 0 spiro atoms. The van der Waals surface area contributed by atoms with Crippen LogP contribution in [0.25, 0.3) is 0 Å². The van der Waals surface area contributed by atoms with E-state index in [9.17, 15) is 0 Å². The molecule has 0 aromatic heterocycles. The summed E-state index contributed by atoms with van der Waals surface area (Å²) < 4.78 is 0. The zero-order chi connectivity index (χ0) is 8.54. The molecule has 1 fully saturated rings. The second-order valence-corrected chi connectivity index (χ2v) is 5.47. The fraction of sp³-hybridized carbons (Fsp3) is 1.00. The van der Waals surface area contributed by atoms with Gasteiger partial charge in [0, 0.05) is 13.1 Å². The Morgan fingerprint density at radius 3 is 2.09 bits per heavy atom. The molecule has 0 aromatic rings. The normalized spacial score (nSPS) is 22.9. The first-order valence-electron chi connectivity index (χ1n) is 4.62. The van der Waals surface area contributed by atoms with Crippen molar-refractivity contribution >= 4 is 0 Å². The van der Waals surface area contributed by atoms with Crippen LogP contribution in [0.15, 0.2) is 0 Å². The molecule has 0 radical (unpaired) electrons.